The first-order valence-electron chi connectivity index (χ1n) is 3.71. The molecule has 0 bridgehead atoms. The Labute approximate surface area is 75.8 Å². The molecule has 13 heavy (non-hydrogen) atoms. The Hall–Kier alpha value is -1.58. The van der Waals surface area contributed by atoms with Crippen LogP contribution in [-0.2, 0) is 19.1 Å². The number of Topliss-reactive ketones (excluding diaryl/α,β-unsaturated/α-hetero) is 1. The van der Waals surface area contributed by atoms with Crippen LogP contribution in [0.15, 0.2) is 23.2 Å². The molecule has 0 N–H and O–H groups in total. The van der Waals surface area contributed by atoms with E-state index in [2.05, 4.69) is 0 Å². The van der Waals surface area contributed by atoms with Crippen LogP contribution in [0, 0.1) is 0 Å². The molecule has 0 aliphatic heterocycles. The minimum atomic E-state index is -0.337. The fourth-order valence-corrected chi connectivity index (χ4v) is 1.10. The summed E-state index contributed by atoms with van der Waals surface area (Å²) in [6, 6.07) is 0. The molecule has 1 rings (SSSR count). The number of ketones is 2. The zero-order valence-electron chi connectivity index (χ0n) is 7.71. The summed E-state index contributed by atoms with van der Waals surface area (Å²) >= 11 is 0. The van der Waals surface area contributed by atoms with Gasteiger partial charge in [-0.25, -0.2) is 0 Å². The molecule has 0 spiro atoms. The predicted octanol–water partition coefficient (Wildman–Crippen LogP) is 0.589. The molecule has 1 aliphatic carbocycles. The monoisotopic (exact) mass is 183 g/mol. The minimum Gasteiger partial charge on any atom is -0.490 e. The first-order chi connectivity index (χ1) is 6.11. The van der Waals surface area contributed by atoms with E-state index < -0.39 is 0 Å². The molecule has 0 radical (unpaired) electrons. The van der Waals surface area contributed by atoms with Crippen LogP contribution in [0.5, 0.6) is 0 Å². The van der Waals surface area contributed by atoms with Crippen molar-refractivity contribution in [3.8, 4) is 0 Å². The summed E-state index contributed by atoms with van der Waals surface area (Å²) in [5.74, 6) is -0.694. The van der Waals surface area contributed by atoms with E-state index >= 15 is 0 Å². The van der Waals surface area contributed by atoms with Crippen LogP contribution in [0.4, 0.5) is 0 Å². The van der Waals surface area contributed by atoms with Crippen molar-refractivity contribution in [3.05, 3.63) is 23.2 Å². The molecule has 0 aromatic rings. The fourth-order valence-electron chi connectivity index (χ4n) is 1.10. The molecule has 0 saturated heterocycles. The molecule has 0 amide bonds. The molecule has 0 aromatic heterocycles. The zero-order chi connectivity index (χ0) is 10.0. The normalized spacial score (nSPS) is 17.3. The van der Waals surface area contributed by atoms with Crippen molar-refractivity contribution >= 4 is 11.6 Å². The molecule has 4 heteroatoms. The molecule has 4 nitrogen and oxygen atoms in total. The molecule has 0 atom stereocenters. The van der Waals surface area contributed by atoms with Gasteiger partial charge in [-0.1, -0.05) is 0 Å². The molecule has 70 valence electrons. The van der Waals surface area contributed by atoms with Crippen molar-refractivity contribution in [2.24, 2.45) is 0 Å². The van der Waals surface area contributed by atoms with Crippen LogP contribution >= 0.6 is 0 Å². The lowest BCUT2D eigenvalue weighted by Crippen LogP contribution is -2.20. The van der Waals surface area contributed by atoms with Crippen molar-refractivity contribution in [2.75, 3.05) is 14.2 Å². The maximum absolute atomic E-state index is 11.4. The van der Waals surface area contributed by atoms with Crippen LogP contribution in [-0.4, -0.2) is 25.8 Å². The van der Waals surface area contributed by atoms with E-state index in [1.54, 1.807) is 6.92 Å². The van der Waals surface area contributed by atoms with Gasteiger partial charge in [0.2, 0.25) is 23.1 Å². The standard InChI is InChI=1S/C9H10O4/c1-5-4-6(10)8(12-2)9(13-3)7(5)11/h4H,1-3H3/i4+1. The number of carbonyl (C=O) groups is 2. The quantitative estimate of drug-likeness (QED) is 0.464. The molecule has 0 saturated carbocycles. The summed E-state index contributed by atoms with van der Waals surface area (Å²) in [6.07, 6.45) is 1.24. The topological polar surface area (TPSA) is 52.6 Å². The van der Waals surface area contributed by atoms with E-state index in [0.717, 1.165) is 0 Å². The third-order valence-corrected chi connectivity index (χ3v) is 1.75. The highest BCUT2D eigenvalue weighted by Crippen LogP contribution is 2.19. The van der Waals surface area contributed by atoms with Crippen molar-refractivity contribution in [1.82, 2.24) is 0 Å². The summed E-state index contributed by atoms with van der Waals surface area (Å²) in [6.45, 7) is 1.56. The second-order valence-electron chi connectivity index (χ2n) is 2.59. The Balaban J connectivity index is 3.19. The molecule has 1 aliphatic rings. The number of ether oxygens (including phenoxy) is 2. The van der Waals surface area contributed by atoms with Crippen molar-refractivity contribution < 1.29 is 19.1 Å². The Morgan fingerprint density at radius 3 is 2.08 bits per heavy atom. The van der Waals surface area contributed by atoms with E-state index in [-0.39, 0.29) is 23.1 Å². The van der Waals surface area contributed by atoms with E-state index in [0.29, 0.717) is 5.57 Å². The molecule has 0 fully saturated rings. The maximum Gasteiger partial charge on any atom is 0.227 e. The molecular weight excluding hydrogens is 173 g/mol. The van der Waals surface area contributed by atoms with Gasteiger partial charge in [0.1, 0.15) is 0 Å². The first kappa shape index (κ1) is 9.51. The van der Waals surface area contributed by atoms with Crippen LogP contribution < -0.4 is 0 Å². The molecular formula is C9H10O4. The van der Waals surface area contributed by atoms with Gasteiger partial charge >= 0.3 is 0 Å². The SMILES string of the molecule is COC1=C(OC)C(=O)C(C)=[13CH]C1=O. The third-order valence-electron chi connectivity index (χ3n) is 1.75. The van der Waals surface area contributed by atoms with Gasteiger partial charge in [-0.05, 0) is 13.0 Å². The number of allylic oxidation sites excluding steroid dienone is 2. The third kappa shape index (κ3) is 1.47. The Morgan fingerprint density at radius 1 is 1.08 bits per heavy atom. The number of methoxy groups -OCH3 is 2. The first-order valence-corrected chi connectivity index (χ1v) is 3.71. The Morgan fingerprint density at radius 2 is 1.62 bits per heavy atom. The Kier molecular flexibility index (Phi) is 2.51. The minimum absolute atomic E-state index is 0.0208. The van der Waals surface area contributed by atoms with E-state index in [9.17, 15) is 9.59 Å². The molecule has 0 aromatic carbocycles. The van der Waals surface area contributed by atoms with E-state index in [1.165, 1.54) is 20.3 Å². The van der Waals surface area contributed by atoms with Gasteiger partial charge in [-0.2, -0.15) is 0 Å². The summed E-state index contributed by atoms with van der Waals surface area (Å²) in [5.41, 5.74) is 0.364. The summed E-state index contributed by atoms with van der Waals surface area (Å²) in [4.78, 5) is 22.6. The van der Waals surface area contributed by atoms with Crippen molar-refractivity contribution in [3.63, 3.8) is 0 Å². The lowest BCUT2D eigenvalue weighted by molar-refractivity contribution is -0.120. The number of rotatable bonds is 2. The van der Waals surface area contributed by atoms with Crippen LogP contribution in [0.1, 0.15) is 6.92 Å². The summed E-state index contributed by atoms with van der Waals surface area (Å²) < 4.78 is 9.56. The number of carbonyl (C=O) groups excluding carboxylic acids is 2. The zero-order valence-corrected chi connectivity index (χ0v) is 7.71. The molecule has 0 unspecified atom stereocenters. The van der Waals surface area contributed by atoms with Gasteiger partial charge in [0.05, 0.1) is 14.2 Å². The van der Waals surface area contributed by atoms with Crippen molar-refractivity contribution in [2.45, 2.75) is 6.92 Å². The van der Waals surface area contributed by atoms with Gasteiger partial charge in [0.25, 0.3) is 0 Å². The van der Waals surface area contributed by atoms with Crippen LogP contribution in [0.25, 0.3) is 0 Å². The lowest BCUT2D eigenvalue weighted by Gasteiger charge is -2.14. The second kappa shape index (κ2) is 3.43. The van der Waals surface area contributed by atoms with Gasteiger partial charge in [0.15, 0.2) is 0 Å². The fraction of sp³-hybridized carbons (Fsp3) is 0.333. The second-order valence-corrected chi connectivity index (χ2v) is 2.59. The maximum atomic E-state index is 11.4. The summed E-state index contributed by atoms with van der Waals surface area (Å²) in [7, 11) is 2.66. The van der Waals surface area contributed by atoms with Crippen LogP contribution in [0.2, 0.25) is 0 Å². The highest BCUT2D eigenvalue weighted by atomic mass is 16.5. The summed E-state index contributed by atoms with van der Waals surface area (Å²) in [5, 5.41) is 0. The largest absolute Gasteiger partial charge is 0.490 e. The van der Waals surface area contributed by atoms with Gasteiger partial charge in [0, 0.05) is 5.57 Å². The smallest absolute Gasteiger partial charge is 0.227 e. The van der Waals surface area contributed by atoms with Gasteiger partial charge in [-0.15, -0.1) is 0 Å². The highest BCUT2D eigenvalue weighted by molar-refractivity contribution is 6.20. The van der Waals surface area contributed by atoms with Gasteiger partial charge in [-0.3, -0.25) is 9.59 Å². The van der Waals surface area contributed by atoms with E-state index in [1.807, 2.05) is 0 Å². The highest BCUT2D eigenvalue weighted by Gasteiger charge is 2.28. The van der Waals surface area contributed by atoms with Gasteiger partial charge < -0.3 is 9.47 Å². The predicted molar refractivity (Wildman–Crippen MR) is 44.8 cm³/mol. The van der Waals surface area contributed by atoms with E-state index in [4.69, 9.17) is 9.47 Å². The average Bonchev–Trinajstić information content (AvgIpc) is 2.10. The Bertz CT molecular complexity index is 323. The van der Waals surface area contributed by atoms with Crippen molar-refractivity contribution in [1.29, 1.82) is 0 Å². The van der Waals surface area contributed by atoms with Crippen LogP contribution in [0.3, 0.4) is 0 Å². The number of hydrogen-bond donors (Lipinski definition) is 0. The average molecular weight is 183 g/mol. The lowest BCUT2D eigenvalue weighted by atomic mass is 10.1. The molecule has 0 heterocycles. The number of hydrogen-bond acceptors (Lipinski definition) is 4.